The number of allylic oxidation sites excluding steroid dienone is 7. The molecule has 0 spiro atoms. The molecule has 2 nitrogen and oxygen atoms in total. The van der Waals surface area contributed by atoms with E-state index in [0.717, 1.165) is 32.9 Å². The van der Waals surface area contributed by atoms with E-state index in [1.807, 2.05) is 11.3 Å². The average Bonchev–Trinajstić information content (AvgIpc) is 3.56. The summed E-state index contributed by atoms with van der Waals surface area (Å²) in [6.45, 7) is 0. The minimum absolute atomic E-state index is 0.238. The molecule has 50 heavy (non-hydrogen) atoms. The van der Waals surface area contributed by atoms with Crippen molar-refractivity contribution >= 4 is 75.9 Å². The number of thiophene rings is 1. The second kappa shape index (κ2) is 13.1. The summed E-state index contributed by atoms with van der Waals surface area (Å²) in [5, 5.41) is 2.57. The van der Waals surface area contributed by atoms with Crippen LogP contribution in [0.5, 0.6) is 0 Å². The van der Waals surface area contributed by atoms with Gasteiger partial charge in [-0.15, -0.1) is 11.3 Å². The maximum absolute atomic E-state index is 3.97. The summed E-state index contributed by atoms with van der Waals surface area (Å²) >= 11 is 5.83. The summed E-state index contributed by atoms with van der Waals surface area (Å²) in [4.78, 5) is 4.85. The number of para-hydroxylation sites is 1. The van der Waals surface area contributed by atoms with Crippen LogP contribution < -0.4 is 9.80 Å². The molecule has 4 heteroatoms. The Bertz CT molecular complexity index is 2460. The Hall–Kier alpha value is -5.42. The molecule has 0 aliphatic heterocycles. The average molecular weight is 726 g/mol. The van der Waals surface area contributed by atoms with Gasteiger partial charge in [-0.3, -0.25) is 0 Å². The Morgan fingerprint density at radius 2 is 1.14 bits per heavy atom. The minimum Gasteiger partial charge on any atom is -0.313 e. The number of rotatable bonds is 7. The Labute approximate surface area is 305 Å². The molecule has 0 saturated heterocycles. The number of nitrogens with zero attached hydrogens (tertiary/aromatic N) is 2. The number of fused-ring (bicyclic) bond motifs is 4. The molecule has 2 aliphatic rings. The molecule has 9 rings (SSSR count). The zero-order chi connectivity index (χ0) is 33.4. The number of hydrogen-bond donors (Lipinski definition) is 0. The van der Waals surface area contributed by atoms with E-state index in [1.54, 1.807) is 0 Å². The molecule has 2 unspecified atom stereocenters. The van der Waals surface area contributed by atoms with E-state index < -0.39 is 0 Å². The van der Waals surface area contributed by atoms with Crippen LogP contribution in [0.4, 0.5) is 28.4 Å². The summed E-state index contributed by atoms with van der Waals surface area (Å²) in [7, 11) is 0. The van der Waals surface area contributed by atoms with Crippen LogP contribution in [0.3, 0.4) is 0 Å². The fourth-order valence-electron chi connectivity index (χ4n) is 7.33. The van der Waals surface area contributed by atoms with Crippen LogP contribution in [0.2, 0.25) is 0 Å². The first-order chi connectivity index (χ1) is 24.7. The van der Waals surface area contributed by atoms with Gasteiger partial charge < -0.3 is 9.80 Å². The van der Waals surface area contributed by atoms with E-state index in [2.05, 4.69) is 214 Å². The van der Waals surface area contributed by atoms with E-state index >= 15 is 0 Å². The quantitative estimate of drug-likeness (QED) is 0.161. The Balaban J connectivity index is 1.24. The number of halogens is 1. The molecular weight excluding hydrogens is 692 g/mol. The van der Waals surface area contributed by atoms with Crippen molar-refractivity contribution in [3.05, 3.63) is 198 Å². The standard InChI is InChI=1S/C46H33BrN2S/c47-35-29-38(48(36-17-5-2-6-18-36)43-22-11-16-34-15-7-8-19-40(34)43)31-39(30-35)49(37-27-25-33(26-28-37)32-13-3-1-4-14-32)44-23-12-21-42-41-20-9-10-24-45(41)50-46(42)44/h1-31,34,40H. The predicted molar refractivity (Wildman–Crippen MR) is 218 cm³/mol. The third-order valence-corrected chi connectivity index (χ3v) is 11.3. The molecule has 0 fully saturated rings. The van der Waals surface area contributed by atoms with Gasteiger partial charge in [0.25, 0.3) is 0 Å². The Morgan fingerprint density at radius 1 is 0.500 bits per heavy atom. The third-order valence-electron chi connectivity index (χ3n) is 9.63. The molecule has 6 aromatic carbocycles. The van der Waals surface area contributed by atoms with Crippen LogP contribution in [0.25, 0.3) is 31.3 Å². The van der Waals surface area contributed by atoms with Gasteiger partial charge in [-0.05, 0) is 71.8 Å². The third kappa shape index (κ3) is 5.61. The highest BCUT2D eigenvalue weighted by atomic mass is 79.9. The number of anilines is 5. The van der Waals surface area contributed by atoms with Gasteiger partial charge in [0.05, 0.1) is 10.4 Å². The molecule has 2 atom stereocenters. The number of hydrogen-bond acceptors (Lipinski definition) is 3. The summed E-state index contributed by atoms with van der Waals surface area (Å²) in [5.41, 5.74) is 9.22. The van der Waals surface area contributed by atoms with Crippen LogP contribution in [0.15, 0.2) is 198 Å². The van der Waals surface area contributed by atoms with Gasteiger partial charge in [0, 0.05) is 60.2 Å². The van der Waals surface area contributed by atoms with E-state index in [-0.39, 0.29) is 5.92 Å². The predicted octanol–water partition coefficient (Wildman–Crippen LogP) is 13.9. The van der Waals surface area contributed by atoms with Crippen molar-refractivity contribution in [1.82, 2.24) is 0 Å². The lowest BCUT2D eigenvalue weighted by Gasteiger charge is -2.37. The first kappa shape index (κ1) is 30.6. The van der Waals surface area contributed by atoms with Gasteiger partial charge in [0.2, 0.25) is 0 Å². The summed E-state index contributed by atoms with van der Waals surface area (Å²) in [6.07, 6.45) is 15.8. The van der Waals surface area contributed by atoms with Crippen LogP contribution in [-0.2, 0) is 0 Å². The molecule has 1 aromatic heterocycles. The van der Waals surface area contributed by atoms with E-state index in [4.69, 9.17) is 0 Å². The second-order valence-electron chi connectivity index (χ2n) is 12.7. The number of benzene rings is 6. The molecule has 240 valence electrons. The molecule has 0 radical (unpaired) electrons. The van der Waals surface area contributed by atoms with Crippen LogP contribution in [-0.4, -0.2) is 0 Å². The fourth-order valence-corrected chi connectivity index (χ4v) is 9.01. The largest absolute Gasteiger partial charge is 0.313 e. The van der Waals surface area contributed by atoms with Gasteiger partial charge >= 0.3 is 0 Å². The molecule has 2 aliphatic carbocycles. The fraction of sp³-hybridized carbons (Fsp3) is 0.0435. The maximum atomic E-state index is 3.97. The van der Waals surface area contributed by atoms with Crippen molar-refractivity contribution in [2.24, 2.45) is 11.8 Å². The highest BCUT2D eigenvalue weighted by Gasteiger charge is 2.29. The lowest BCUT2D eigenvalue weighted by molar-refractivity contribution is 0.612. The van der Waals surface area contributed by atoms with E-state index in [9.17, 15) is 0 Å². The molecular formula is C46H33BrN2S. The molecule has 1 heterocycles. The van der Waals surface area contributed by atoms with E-state index in [0.29, 0.717) is 5.92 Å². The van der Waals surface area contributed by atoms with E-state index in [1.165, 1.54) is 37.0 Å². The minimum atomic E-state index is 0.238. The normalized spacial score (nSPS) is 16.4. The smallest absolute Gasteiger partial charge is 0.0640 e. The molecule has 0 amide bonds. The summed E-state index contributed by atoms with van der Waals surface area (Å²) in [5.74, 6) is 0.560. The van der Waals surface area contributed by atoms with Crippen molar-refractivity contribution in [2.45, 2.75) is 0 Å². The molecule has 0 saturated carbocycles. The summed E-state index contributed by atoms with van der Waals surface area (Å²) < 4.78 is 3.58. The van der Waals surface area contributed by atoms with Gasteiger partial charge in [-0.2, -0.15) is 0 Å². The second-order valence-corrected chi connectivity index (χ2v) is 14.7. The zero-order valence-corrected chi connectivity index (χ0v) is 29.6. The Morgan fingerprint density at radius 3 is 1.96 bits per heavy atom. The Kier molecular flexibility index (Phi) is 8.04. The van der Waals surface area contributed by atoms with Crippen LogP contribution >= 0.6 is 27.3 Å². The molecule has 0 N–H and O–H groups in total. The van der Waals surface area contributed by atoms with Crippen molar-refractivity contribution < 1.29 is 0 Å². The first-order valence-corrected chi connectivity index (χ1v) is 18.6. The highest BCUT2D eigenvalue weighted by Crippen LogP contribution is 2.48. The highest BCUT2D eigenvalue weighted by molar-refractivity contribution is 9.10. The van der Waals surface area contributed by atoms with Crippen molar-refractivity contribution in [2.75, 3.05) is 9.80 Å². The monoisotopic (exact) mass is 724 g/mol. The summed E-state index contributed by atoms with van der Waals surface area (Å²) in [6, 6.07) is 52.6. The van der Waals surface area contributed by atoms with Crippen molar-refractivity contribution in [3.8, 4) is 11.1 Å². The van der Waals surface area contributed by atoms with Gasteiger partial charge in [0.15, 0.2) is 0 Å². The lowest BCUT2D eigenvalue weighted by Crippen LogP contribution is -2.27. The maximum Gasteiger partial charge on any atom is 0.0640 e. The first-order valence-electron chi connectivity index (χ1n) is 17.0. The van der Waals surface area contributed by atoms with Gasteiger partial charge in [-0.1, -0.05) is 143 Å². The van der Waals surface area contributed by atoms with Crippen molar-refractivity contribution in [1.29, 1.82) is 0 Å². The zero-order valence-electron chi connectivity index (χ0n) is 27.2. The molecule has 7 aromatic rings. The van der Waals surface area contributed by atoms with Gasteiger partial charge in [0.1, 0.15) is 0 Å². The van der Waals surface area contributed by atoms with Crippen LogP contribution in [0, 0.1) is 11.8 Å². The van der Waals surface area contributed by atoms with Gasteiger partial charge in [-0.25, -0.2) is 0 Å². The topological polar surface area (TPSA) is 6.48 Å². The molecule has 0 bridgehead atoms. The van der Waals surface area contributed by atoms with Crippen molar-refractivity contribution in [3.63, 3.8) is 0 Å². The van der Waals surface area contributed by atoms with Crippen LogP contribution in [0.1, 0.15) is 0 Å². The SMILES string of the molecule is Brc1cc(N(C2=CC=CC3C=CC=CC23)c2ccccc2)cc(N(c2ccc(-c3ccccc3)cc2)c2cccc3c2sc2ccccc23)c1. The lowest BCUT2D eigenvalue weighted by atomic mass is 9.82.